The predicted molar refractivity (Wildman–Crippen MR) is 109 cm³/mol. The first-order valence-electron chi connectivity index (χ1n) is 9.42. The third-order valence-electron chi connectivity index (χ3n) is 5.24. The van der Waals surface area contributed by atoms with Gasteiger partial charge >= 0.3 is 5.97 Å². The molecule has 29 heavy (non-hydrogen) atoms. The molecule has 0 fully saturated rings. The molecular weight excluding hydrogens is 370 g/mol. The lowest BCUT2D eigenvalue weighted by atomic mass is 9.85. The molecule has 152 valence electrons. The number of benzene rings is 2. The summed E-state index contributed by atoms with van der Waals surface area (Å²) in [6.45, 7) is 5.91. The Morgan fingerprint density at radius 1 is 1.07 bits per heavy atom. The van der Waals surface area contributed by atoms with Gasteiger partial charge in [-0.25, -0.2) is 0 Å². The van der Waals surface area contributed by atoms with Gasteiger partial charge < -0.3 is 9.84 Å². The number of fused-ring (bicyclic) bond motifs is 1. The van der Waals surface area contributed by atoms with Gasteiger partial charge in [-0.3, -0.25) is 19.3 Å². The molecule has 0 aliphatic carbocycles. The summed E-state index contributed by atoms with van der Waals surface area (Å²) in [5, 5.41) is 11.2. The van der Waals surface area contributed by atoms with Crippen molar-refractivity contribution in [2.45, 2.75) is 38.2 Å². The highest BCUT2D eigenvalue weighted by atomic mass is 16.5. The molecule has 3 rings (SSSR count). The summed E-state index contributed by atoms with van der Waals surface area (Å²) in [7, 11) is 1.23. The zero-order valence-corrected chi connectivity index (χ0v) is 17.1. The van der Waals surface area contributed by atoms with Gasteiger partial charge in [0.05, 0.1) is 19.2 Å². The molecular formula is C23H25NO5. The average Bonchev–Trinajstić information content (AvgIpc) is 2.89. The fourth-order valence-electron chi connectivity index (χ4n) is 3.52. The third kappa shape index (κ3) is 3.80. The molecule has 0 radical (unpaired) electrons. The number of methoxy groups -OCH3 is 1. The minimum absolute atomic E-state index is 0.0471. The number of ketones is 1. The summed E-state index contributed by atoms with van der Waals surface area (Å²) in [6, 6.07) is 13.8. The largest absolute Gasteiger partial charge is 0.468 e. The average molecular weight is 395 g/mol. The standard InChI is InChI=1S/C23H25NO5/c1-22(2,3)16-11-9-15(10-12-16)19(25)13-23(28)17-7-5-6-8-18(17)24(21(23)27)14-20(26)29-4/h5-12,28H,13-14H2,1-4H3/t23-/m1/s1. The second kappa shape index (κ2) is 7.44. The zero-order chi connectivity index (χ0) is 21.4. The number of aliphatic hydroxyl groups is 1. The molecule has 0 bridgehead atoms. The SMILES string of the molecule is COC(=O)CN1C(=O)[C@@](O)(CC(=O)c2ccc(C(C)(C)C)cc2)c2ccccc21. The second-order valence-electron chi connectivity index (χ2n) is 8.27. The van der Waals surface area contributed by atoms with E-state index in [2.05, 4.69) is 25.5 Å². The summed E-state index contributed by atoms with van der Waals surface area (Å²) in [4.78, 5) is 38.8. The Kier molecular flexibility index (Phi) is 5.32. The van der Waals surface area contributed by atoms with E-state index in [1.54, 1.807) is 36.4 Å². The molecule has 6 heteroatoms. The lowest BCUT2D eigenvalue weighted by Gasteiger charge is -2.23. The van der Waals surface area contributed by atoms with Gasteiger partial charge in [-0.1, -0.05) is 63.2 Å². The number of ether oxygens (including phenoxy) is 1. The van der Waals surface area contributed by atoms with E-state index in [0.717, 1.165) is 10.5 Å². The van der Waals surface area contributed by atoms with Crippen LogP contribution in [0.25, 0.3) is 0 Å². The quantitative estimate of drug-likeness (QED) is 0.622. The molecule has 1 amide bonds. The molecule has 1 atom stereocenters. The maximum atomic E-state index is 13.0. The highest BCUT2D eigenvalue weighted by molar-refractivity contribution is 6.12. The zero-order valence-electron chi connectivity index (χ0n) is 17.1. The lowest BCUT2D eigenvalue weighted by Crippen LogP contribution is -2.43. The van der Waals surface area contributed by atoms with Crippen molar-refractivity contribution in [3.8, 4) is 0 Å². The van der Waals surface area contributed by atoms with Gasteiger partial charge in [-0.05, 0) is 17.0 Å². The number of anilines is 1. The van der Waals surface area contributed by atoms with Crippen molar-refractivity contribution in [2.75, 3.05) is 18.6 Å². The van der Waals surface area contributed by atoms with Gasteiger partial charge in [-0.15, -0.1) is 0 Å². The van der Waals surface area contributed by atoms with Crippen molar-refractivity contribution in [3.63, 3.8) is 0 Å². The molecule has 1 heterocycles. The molecule has 1 N–H and O–H groups in total. The Morgan fingerprint density at radius 2 is 1.69 bits per heavy atom. The fourth-order valence-corrected chi connectivity index (χ4v) is 3.52. The van der Waals surface area contributed by atoms with E-state index in [1.807, 2.05) is 12.1 Å². The van der Waals surface area contributed by atoms with Crippen LogP contribution in [-0.4, -0.2) is 36.4 Å². The monoisotopic (exact) mass is 395 g/mol. The van der Waals surface area contributed by atoms with Crippen LogP contribution in [0.2, 0.25) is 0 Å². The minimum atomic E-state index is -2.02. The number of hydrogen-bond donors (Lipinski definition) is 1. The minimum Gasteiger partial charge on any atom is -0.468 e. The maximum absolute atomic E-state index is 13.0. The fraction of sp³-hybridized carbons (Fsp3) is 0.348. The van der Waals surface area contributed by atoms with Crippen LogP contribution in [-0.2, 0) is 25.3 Å². The number of rotatable bonds is 5. The lowest BCUT2D eigenvalue weighted by molar-refractivity contribution is -0.142. The van der Waals surface area contributed by atoms with Gasteiger partial charge in [-0.2, -0.15) is 0 Å². The number of nitrogens with zero attached hydrogens (tertiary/aromatic N) is 1. The van der Waals surface area contributed by atoms with Crippen LogP contribution in [0.3, 0.4) is 0 Å². The summed E-state index contributed by atoms with van der Waals surface area (Å²) >= 11 is 0. The molecule has 6 nitrogen and oxygen atoms in total. The smallest absolute Gasteiger partial charge is 0.325 e. The Labute approximate surface area is 170 Å². The van der Waals surface area contributed by atoms with Crippen molar-refractivity contribution in [2.24, 2.45) is 0 Å². The van der Waals surface area contributed by atoms with E-state index in [-0.39, 0.29) is 17.7 Å². The van der Waals surface area contributed by atoms with Gasteiger partial charge in [0.25, 0.3) is 5.91 Å². The number of carbonyl (C=O) groups is 3. The van der Waals surface area contributed by atoms with Gasteiger partial charge in [0.15, 0.2) is 11.4 Å². The van der Waals surface area contributed by atoms with Crippen molar-refractivity contribution in [1.82, 2.24) is 0 Å². The molecule has 0 saturated carbocycles. The van der Waals surface area contributed by atoms with Crippen LogP contribution < -0.4 is 4.90 Å². The molecule has 2 aromatic rings. The molecule has 2 aromatic carbocycles. The second-order valence-corrected chi connectivity index (χ2v) is 8.27. The molecule has 1 aliphatic heterocycles. The van der Waals surface area contributed by atoms with E-state index in [1.165, 1.54) is 7.11 Å². The molecule has 0 saturated heterocycles. The Hall–Kier alpha value is -2.99. The first-order valence-corrected chi connectivity index (χ1v) is 9.42. The highest BCUT2D eigenvalue weighted by Crippen LogP contribution is 2.42. The van der Waals surface area contributed by atoms with Gasteiger partial charge in [0.1, 0.15) is 6.54 Å². The van der Waals surface area contributed by atoms with E-state index in [4.69, 9.17) is 0 Å². The van der Waals surface area contributed by atoms with E-state index >= 15 is 0 Å². The third-order valence-corrected chi connectivity index (χ3v) is 5.24. The number of para-hydroxylation sites is 1. The van der Waals surface area contributed by atoms with E-state index in [0.29, 0.717) is 16.8 Å². The number of esters is 1. The Bertz CT molecular complexity index is 958. The van der Waals surface area contributed by atoms with Crippen LogP contribution in [0.15, 0.2) is 48.5 Å². The Balaban J connectivity index is 1.90. The first kappa shape index (κ1) is 20.7. The number of Topliss-reactive ketones (excluding diaryl/α,β-unsaturated/α-hetero) is 1. The van der Waals surface area contributed by atoms with Crippen LogP contribution in [0, 0.1) is 0 Å². The van der Waals surface area contributed by atoms with Crippen molar-refractivity contribution < 1.29 is 24.2 Å². The summed E-state index contributed by atoms with van der Waals surface area (Å²) in [5.74, 6) is -1.67. The molecule has 1 aliphatic rings. The molecule has 0 spiro atoms. The molecule has 0 unspecified atom stereocenters. The normalized spacial score (nSPS) is 18.5. The maximum Gasteiger partial charge on any atom is 0.325 e. The predicted octanol–water partition coefficient (Wildman–Crippen LogP) is 2.96. The summed E-state index contributed by atoms with van der Waals surface area (Å²) in [5.41, 5.74) is 0.149. The van der Waals surface area contributed by atoms with Crippen LogP contribution >= 0.6 is 0 Å². The summed E-state index contributed by atoms with van der Waals surface area (Å²) < 4.78 is 4.65. The number of carbonyl (C=O) groups excluding carboxylic acids is 3. The number of amides is 1. The topological polar surface area (TPSA) is 83.9 Å². The van der Waals surface area contributed by atoms with Crippen molar-refractivity contribution in [3.05, 3.63) is 65.2 Å². The molecule has 0 aromatic heterocycles. The van der Waals surface area contributed by atoms with Crippen molar-refractivity contribution in [1.29, 1.82) is 0 Å². The highest BCUT2D eigenvalue weighted by Gasteiger charge is 2.51. The van der Waals surface area contributed by atoms with Gasteiger partial charge in [0, 0.05) is 11.1 Å². The van der Waals surface area contributed by atoms with E-state index < -0.39 is 23.9 Å². The van der Waals surface area contributed by atoms with Crippen LogP contribution in [0.1, 0.15) is 48.7 Å². The van der Waals surface area contributed by atoms with E-state index in [9.17, 15) is 19.5 Å². The summed E-state index contributed by atoms with van der Waals surface area (Å²) in [6.07, 6.45) is -0.407. The van der Waals surface area contributed by atoms with Crippen LogP contribution in [0.4, 0.5) is 5.69 Å². The first-order chi connectivity index (χ1) is 13.6. The number of hydrogen-bond acceptors (Lipinski definition) is 5. The Morgan fingerprint density at radius 3 is 2.28 bits per heavy atom. The van der Waals surface area contributed by atoms with Gasteiger partial charge in [0.2, 0.25) is 0 Å². The van der Waals surface area contributed by atoms with Crippen molar-refractivity contribution >= 4 is 23.3 Å². The van der Waals surface area contributed by atoms with Crippen LogP contribution in [0.5, 0.6) is 0 Å².